The maximum atomic E-state index is 12.2. The first kappa shape index (κ1) is 14.9. The zero-order valence-electron chi connectivity index (χ0n) is 11.3. The maximum absolute atomic E-state index is 12.2. The number of pyridine rings is 1. The van der Waals surface area contributed by atoms with Crippen LogP contribution in [0.2, 0.25) is 0 Å². The van der Waals surface area contributed by atoms with E-state index in [4.69, 9.17) is 4.74 Å². The molecule has 0 saturated heterocycles. The Morgan fingerprint density at radius 3 is 2.50 bits per heavy atom. The van der Waals surface area contributed by atoms with Crippen LogP contribution in [-0.2, 0) is 10.0 Å². The van der Waals surface area contributed by atoms with E-state index in [-0.39, 0.29) is 10.9 Å². The molecule has 0 saturated carbocycles. The van der Waals surface area contributed by atoms with Crippen LogP contribution in [0.4, 0.5) is 0 Å². The third kappa shape index (κ3) is 3.20. The van der Waals surface area contributed by atoms with Gasteiger partial charge in [0.15, 0.2) is 0 Å². The molecule has 0 N–H and O–H groups in total. The van der Waals surface area contributed by atoms with Crippen LogP contribution in [0.1, 0.15) is 27.2 Å². The number of sulfonamides is 1. The highest BCUT2D eigenvalue weighted by Gasteiger charge is 2.24. The summed E-state index contributed by atoms with van der Waals surface area (Å²) >= 11 is 0. The van der Waals surface area contributed by atoms with Crippen molar-refractivity contribution in [2.24, 2.45) is 0 Å². The molecule has 0 aromatic carbocycles. The summed E-state index contributed by atoms with van der Waals surface area (Å²) in [6.45, 7) is 6.18. The summed E-state index contributed by atoms with van der Waals surface area (Å²) in [5.74, 6) is 0.433. The van der Waals surface area contributed by atoms with Crippen molar-refractivity contribution in [3.05, 3.63) is 18.3 Å². The first-order valence-electron chi connectivity index (χ1n) is 6.00. The van der Waals surface area contributed by atoms with Gasteiger partial charge in [0.05, 0.1) is 12.8 Å². The Morgan fingerprint density at radius 1 is 1.39 bits per heavy atom. The molecule has 0 aliphatic carbocycles. The molecule has 0 bridgehead atoms. The number of ether oxygens (including phenoxy) is 1. The van der Waals surface area contributed by atoms with E-state index in [0.29, 0.717) is 12.5 Å². The van der Waals surface area contributed by atoms with Crippen molar-refractivity contribution in [1.29, 1.82) is 0 Å². The Kier molecular flexibility index (Phi) is 5.10. The molecular formula is C12H20N2O3S. The highest BCUT2D eigenvalue weighted by atomic mass is 32.2. The molecule has 0 aliphatic rings. The first-order valence-corrected chi connectivity index (χ1v) is 7.44. The lowest BCUT2D eigenvalue weighted by atomic mass is 10.3. The van der Waals surface area contributed by atoms with Gasteiger partial charge in [-0.2, -0.15) is 4.31 Å². The van der Waals surface area contributed by atoms with E-state index in [1.54, 1.807) is 13.1 Å². The van der Waals surface area contributed by atoms with Crippen LogP contribution in [0.5, 0.6) is 5.88 Å². The van der Waals surface area contributed by atoms with Crippen molar-refractivity contribution >= 4 is 10.0 Å². The van der Waals surface area contributed by atoms with Crippen molar-refractivity contribution < 1.29 is 13.2 Å². The van der Waals surface area contributed by atoms with Gasteiger partial charge in [0, 0.05) is 19.2 Å². The molecular weight excluding hydrogens is 252 g/mol. The SMILES string of the molecule is CCOc1ccc(S(=O)(=O)N(C)[C@H](C)CC)cn1. The number of hydrogen-bond acceptors (Lipinski definition) is 4. The van der Waals surface area contributed by atoms with Crippen molar-refractivity contribution in [3.8, 4) is 5.88 Å². The van der Waals surface area contributed by atoms with Crippen LogP contribution >= 0.6 is 0 Å². The van der Waals surface area contributed by atoms with E-state index in [2.05, 4.69) is 4.98 Å². The lowest BCUT2D eigenvalue weighted by Crippen LogP contribution is -2.34. The Bertz CT molecular complexity index is 471. The fraction of sp³-hybridized carbons (Fsp3) is 0.583. The molecule has 1 aromatic rings. The first-order chi connectivity index (χ1) is 8.43. The zero-order chi connectivity index (χ0) is 13.8. The van der Waals surface area contributed by atoms with Crippen molar-refractivity contribution in [2.75, 3.05) is 13.7 Å². The molecule has 0 radical (unpaired) electrons. The monoisotopic (exact) mass is 272 g/mol. The highest BCUT2D eigenvalue weighted by molar-refractivity contribution is 7.89. The van der Waals surface area contributed by atoms with Crippen molar-refractivity contribution in [1.82, 2.24) is 9.29 Å². The van der Waals surface area contributed by atoms with Crippen LogP contribution in [0.15, 0.2) is 23.2 Å². The van der Waals surface area contributed by atoms with E-state index in [1.165, 1.54) is 16.6 Å². The quantitative estimate of drug-likeness (QED) is 0.793. The smallest absolute Gasteiger partial charge is 0.244 e. The van der Waals surface area contributed by atoms with Crippen LogP contribution in [-0.4, -0.2) is 37.4 Å². The summed E-state index contributed by atoms with van der Waals surface area (Å²) in [5, 5.41) is 0. The molecule has 0 spiro atoms. The Morgan fingerprint density at radius 2 is 2.06 bits per heavy atom. The van der Waals surface area contributed by atoms with E-state index in [1.807, 2.05) is 20.8 Å². The number of hydrogen-bond donors (Lipinski definition) is 0. The van der Waals surface area contributed by atoms with Gasteiger partial charge in [0.1, 0.15) is 4.90 Å². The van der Waals surface area contributed by atoms with Gasteiger partial charge in [-0.25, -0.2) is 13.4 Å². The Balaban J connectivity index is 2.98. The minimum atomic E-state index is -3.47. The summed E-state index contributed by atoms with van der Waals surface area (Å²) in [7, 11) is -1.88. The Hall–Kier alpha value is -1.14. The summed E-state index contributed by atoms with van der Waals surface area (Å²) in [6.07, 6.45) is 2.10. The summed E-state index contributed by atoms with van der Waals surface area (Å²) in [6, 6.07) is 3.05. The van der Waals surface area contributed by atoms with Gasteiger partial charge in [0.2, 0.25) is 15.9 Å². The third-order valence-corrected chi connectivity index (χ3v) is 4.85. The topological polar surface area (TPSA) is 59.5 Å². The maximum Gasteiger partial charge on any atom is 0.244 e. The van der Waals surface area contributed by atoms with Gasteiger partial charge < -0.3 is 4.74 Å². The van der Waals surface area contributed by atoms with Crippen LogP contribution in [0.3, 0.4) is 0 Å². The van der Waals surface area contributed by atoms with Gasteiger partial charge in [-0.3, -0.25) is 0 Å². The lowest BCUT2D eigenvalue weighted by molar-refractivity contribution is 0.326. The van der Waals surface area contributed by atoms with Gasteiger partial charge in [-0.15, -0.1) is 0 Å². The van der Waals surface area contributed by atoms with E-state index in [9.17, 15) is 8.42 Å². The largest absolute Gasteiger partial charge is 0.478 e. The molecule has 1 heterocycles. The average molecular weight is 272 g/mol. The fourth-order valence-corrected chi connectivity index (χ4v) is 2.79. The fourth-order valence-electron chi connectivity index (χ4n) is 1.41. The molecule has 0 fully saturated rings. The van der Waals surface area contributed by atoms with Crippen LogP contribution in [0.25, 0.3) is 0 Å². The minimum absolute atomic E-state index is 0.0402. The zero-order valence-corrected chi connectivity index (χ0v) is 12.1. The third-order valence-electron chi connectivity index (χ3n) is 2.89. The standard InChI is InChI=1S/C12H20N2O3S/c1-5-10(3)14(4)18(15,16)11-7-8-12(13-9-11)17-6-2/h7-10H,5-6H2,1-4H3/t10-/m1/s1. The minimum Gasteiger partial charge on any atom is -0.478 e. The van der Waals surface area contributed by atoms with Crippen LogP contribution in [0, 0.1) is 0 Å². The van der Waals surface area contributed by atoms with E-state index < -0.39 is 10.0 Å². The van der Waals surface area contributed by atoms with Gasteiger partial charge in [-0.1, -0.05) is 6.92 Å². The molecule has 1 aromatic heterocycles. The predicted octanol–water partition coefficient (Wildman–Crippen LogP) is 1.90. The molecule has 5 nitrogen and oxygen atoms in total. The molecule has 0 aliphatic heterocycles. The van der Waals surface area contributed by atoms with Gasteiger partial charge >= 0.3 is 0 Å². The average Bonchev–Trinajstić information content (AvgIpc) is 2.38. The van der Waals surface area contributed by atoms with E-state index >= 15 is 0 Å². The highest BCUT2D eigenvalue weighted by Crippen LogP contribution is 2.18. The second kappa shape index (κ2) is 6.15. The molecule has 0 amide bonds. The summed E-state index contributed by atoms with van der Waals surface area (Å²) < 4.78 is 31.0. The van der Waals surface area contributed by atoms with Crippen LogP contribution < -0.4 is 4.74 Å². The lowest BCUT2D eigenvalue weighted by Gasteiger charge is -2.22. The summed E-state index contributed by atoms with van der Waals surface area (Å²) in [5.41, 5.74) is 0. The molecule has 6 heteroatoms. The molecule has 0 unspecified atom stereocenters. The molecule has 1 atom stereocenters. The normalized spacial score (nSPS) is 13.6. The van der Waals surface area contributed by atoms with Crippen molar-refractivity contribution in [2.45, 2.75) is 38.1 Å². The number of rotatable bonds is 6. The second-order valence-corrected chi connectivity index (χ2v) is 6.04. The van der Waals surface area contributed by atoms with Gasteiger partial charge in [-0.05, 0) is 26.3 Å². The van der Waals surface area contributed by atoms with E-state index in [0.717, 1.165) is 6.42 Å². The Labute approximate surface area is 109 Å². The molecule has 102 valence electrons. The molecule has 1 rings (SSSR count). The summed E-state index contributed by atoms with van der Waals surface area (Å²) in [4.78, 5) is 4.16. The molecule has 18 heavy (non-hydrogen) atoms. The second-order valence-electron chi connectivity index (χ2n) is 4.04. The number of nitrogens with zero attached hydrogens (tertiary/aromatic N) is 2. The van der Waals surface area contributed by atoms with Gasteiger partial charge in [0.25, 0.3) is 0 Å². The van der Waals surface area contributed by atoms with Crippen molar-refractivity contribution in [3.63, 3.8) is 0 Å². The number of aromatic nitrogens is 1. The predicted molar refractivity (Wildman–Crippen MR) is 70.1 cm³/mol.